The second-order valence-electron chi connectivity index (χ2n) is 4.20. The van der Waals surface area contributed by atoms with Gasteiger partial charge in [0.2, 0.25) is 5.91 Å². The Morgan fingerprint density at radius 3 is 2.55 bits per heavy atom. The molecule has 0 radical (unpaired) electrons. The minimum atomic E-state index is -0.941. The maximum Gasteiger partial charge on any atom is 0.321 e. The molecule has 0 fully saturated rings. The summed E-state index contributed by atoms with van der Waals surface area (Å²) in [6, 6.07) is 2.27. The van der Waals surface area contributed by atoms with Crippen LogP contribution in [-0.4, -0.2) is 24.5 Å². The average Bonchev–Trinajstić information content (AvgIpc) is 2.39. The fraction of sp³-hybridized carbons (Fsp3) is 0.385. The molecule has 0 saturated heterocycles. The van der Waals surface area contributed by atoms with Gasteiger partial charge in [0.05, 0.1) is 6.04 Å². The van der Waals surface area contributed by atoms with Crippen LogP contribution in [0.3, 0.4) is 0 Å². The van der Waals surface area contributed by atoms with Gasteiger partial charge in [-0.1, -0.05) is 6.07 Å². The van der Waals surface area contributed by atoms with Crippen LogP contribution in [0.4, 0.5) is 13.6 Å². The highest BCUT2D eigenvalue weighted by Gasteiger charge is 2.15. The summed E-state index contributed by atoms with van der Waals surface area (Å²) in [7, 11) is 0. The number of nitrogens with one attached hydrogen (secondary N) is 3. The number of hydrogen-bond donors (Lipinski definition) is 3. The standard InChI is InChI=1S/C13H17F2N3O2/c1-3-16-13(20)18-12(19)8(2)17-7-9-4-5-10(14)11(15)6-9/h4-6,8,17H,3,7H2,1-2H3,(H2,16,18,19,20). The predicted molar refractivity (Wildman–Crippen MR) is 69.9 cm³/mol. The van der Waals surface area contributed by atoms with E-state index in [1.54, 1.807) is 13.8 Å². The van der Waals surface area contributed by atoms with Gasteiger partial charge in [-0.05, 0) is 31.5 Å². The molecule has 3 N–H and O–H groups in total. The third-order valence-corrected chi connectivity index (χ3v) is 2.56. The van der Waals surface area contributed by atoms with Gasteiger partial charge in [-0.15, -0.1) is 0 Å². The van der Waals surface area contributed by atoms with Crippen LogP contribution in [0.15, 0.2) is 18.2 Å². The summed E-state index contributed by atoms with van der Waals surface area (Å²) in [4.78, 5) is 22.8. The van der Waals surface area contributed by atoms with Crippen LogP contribution in [0.1, 0.15) is 19.4 Å². The highest BCUT2D eigenvalue weighted by molar-refractivity contribution is 5.96. The molecule has 0 aromatic heterocycles. The molecule has 0 saturated carbocycles. The fourth-order valence-corrected chi connectivity index (χ4v) is 1.44. The lowest BCUT2D eigenvalue weighted by Crippen LogP contribution is -2.47. The van der Waals surface area contributed by atoms with E-state index in [2.05, 4.69) is 16.0 Å². The third-order valence-electron chi connectivity index (χ3n) is 2.56. The van der Waals surface area contributed by atoms with E-state index >= 15 is 0 Å². The van der Waals surface area contributed by atoms with Crippen molar-refractivity contribution in [2.75, 3.05) is 6.54 Å². The third kappa shape index (κ3) is 4.93. The Labute approximate surface area is 115 Å². The van der Waals surface area contributed by atoms with E-state index in [-0.39, 0.29) is 6.54 Å². The zero-order chi connectivity index (χ0) is 15.1. The number of carbonyl (C=O) groups is 2. The van der Waals surface area contributed by atoms with Crippen molar-refractivity contribution in [1.82, 2.24) is 16.0 Å². The van der Waals surface area contributed by atoms with Gasteiger partial charge in [0.25, 0.3) is 0 Å². The summed E-state index contributed by atoms with van der Waals surface area (Å²) < 4.78 is 25.7. The van der Waals surface area contributed by atoms with Crippen molar-refractivity contribution in [1.29, 1.82) is 0 Å². The number of benzene rings is 1. The number of imide groups is 1. The molecule has 0 bridgehead atoms. The van der Waals surface area contributed by atoms with Gasteiger partial charge in [0, 0.05) is 13.1 Å². The highest BCUT2D eigenvalue weighted by atomic mass is 19.2. The first-order chi connectivity index (χ1) is 9.43. The molecule has 0 aliphatic heterocycles. The molecule has 7 heteroatoms. The Kier molecular flexibility index (Phi) is 6.05. The molecule has 1 aromatic rings. The number of urea groups is 1. The first-order valence-electron chi connectivity index (χ1n) is 6.20. The Balaban J connectivity index is 2.45. The summed E-state index contributed by atoms with van der Waals surface area (Å²) in [5.74, 6) is -2.36. The van der Waals surface area contributed by atoms with Crippen LogP contribution in [-0.2, 0) is 11.3 Å². The average molecular weight is 285 g/mol. The molecule has 1 unspecified atom stereocenters. The molecule has 3 amide bonds. The van der Waals surface area contributed by atoms with Gasteiger partial charge in [-0.3, -0.25) is 10.1 Å². The Morgan fingerprint density at radius 1 is 1.25 bits per heavy atom. The largest absolute Gasteiger partial charge is 0.338 e. The second-order valence-corrected chi connectivity index (χ2v) is 4.20. The van der Waals surface area contributed by atoms with Gasteiger partial charge in [0.1, 0.15) is 0 Å². The van der Waals surface area contributed by atoms with E-state index in [1.165, 1.54) is 6.07 Å². The number of hydrogen-bond acceptors (Lipinski definition) is 3. The van der Waals surface area contributed by atoms with Crippen molar-refractivity contribution in [3.8, 4) is 0 Å². The normalized spacial score (nSPS) is 11.8. The summed E-state index contributed by atoms with van der Waals surface area (Å²) in [5.41, 5.74) is 0.501. The SMILES string of the molecule is CCNC(=O)NC(=O)C(C)NCc1ccc(F)c(F)c1. The second kappa shape index (κ2) is 7.54. The van der Waals surface area contributed by atoms with Crippen molar-refractivity contribution in [3.63, 3.8) is 0 Å². The molecule has 1 atom stereocenters. The molecular weight excluding hydrogens is 268 g/mol. The first kappa shape index (κ1) is 16.0. The lowest BCUT2D eigenvalue weighted by Gasteiger charge is -2.13. The molecule has 1 aromatic carbocycles. The zero-order valence-electron chi connectivity index (χ0n) is 11.3. The molecule has 0 aliphatic carbocycles. The van der Waals surface area contributed by atoms with Crippen LogP contribution in [0, 0.1) is 11.6 Å². The van der Waals surface area contributed by atoms with Gasteiger partial charge < -0.3 is 10.6 Å². The molecule has 5 nitrogen and oxygen atoms in total. The van der Waals surface area contributed by atoms with Crippen LogP contribution in [0.25, 0.3) is 0 Å². The molecule has 110 valence electrons. The molecule has 0 spiro atoms. The Morgan fingerprint density at radius 2 is 1.95 bits per heavy atom. The van der Waals surface area contributed by atoms with E-state index in [4.69, 9.17) is 0 Å². The predicted octanol–water partition coefficient (Wildman–Crippen LogP) is 1.29. The van der Waals surface area contributed by atoms with E-state index in [0.29, 0.717) is 12.1 Å². The minimum absolute atomic E-state index is 0.182. The summed E-state index contributed by atoms with van der Waals surface area (Å²) in [6.45, 7) is 3.89. The molecular formula is C13H17F2N3O2. The van der Waals surface area contributed by atoms with Gasteiger partial charge in [-0.25, -0.2) is 13.6 Å². The van der Waals surface area contributed by atoms with Crippen molar-refractivity contribution >= 4 is 11.9 Å². The zero-order valence-corrected chi connectivity index (χ0v) is 11.3. The smallest absolute Gasteiger partial charge is 0.321 e. The van der Waals surface area contributed by atoms with Crippen molar-refractivity contribution in [2.24, 2.45) is 0 Å². The lowest BCUT2D eigenvalue weighted by atomic mass is 10.2. The molecule has 0 heterocycles. The summed E-state index contributed by atoms with van der Waals surface area (Å²) in [6.07, 6.45) is 0. The van der Waals surface area contributed by atoms with E-state index < -0.39 is 29.6 Å². The summed E-state index contributed by atoms with van der Waals surface area (Å²) >= 11 is 0. The van der Waals surface area contributed by atoms with E-state index in [0.717, 1.165) is 12.1 Å². The van der Waals surface area contributed by atoms with E-state index in [9.17, 15) is 18.4 Å². The molecule has 0 aliphatic rings. The number of halogens is 2. The monoisotopic (exact) mass is 285 g/mol. The lowest BCUT2D eigenvalue weighted by molar-refractivity contribution is -0.121. The Hall–Kier alpha value is -2.02. The minimum Gasteiger partial charge on any atom is -0.338 e. The van der Waals surface area contributed by atoms with Crippen LogP contribution >= 0.6 is 0 Å². The topological polar surface area (TPSA) is 70.2 Å². The molecule has 20 heavy (non-hydrogen) atoms. The first-order valence-corrected chi connectivity index (χ1v) is 6.20. The summed E-state index contributed by atoms with van der Waals surface area (Å²) in [5, 5.41) is 7.39. The van der Waals surface area contributed by atoms with Crippen LogP contribution in [0.5, 0.6) is 0 Å². The maximum atomic E-state index is 13.0. The number of rotatable bonds is 5. The van der Waals surface area contributed by atoms with Crippen molar-refractivity contribution in [2.45, 2.75) is 26.4 Å². The fourth-order valence-electron chi connectivity index (χ4n) is 1.44. The van der Waals surface area contributed by atoms with Crippen LogP contribution in [0.2, 0.25) is 0 Å². The number of carbonyl (C=O) groups excluding carboxylic acids is 2. The van der Waals surface area contributed by atoms with Gasteiger partial charge in [0.15, 0.2) is 11.6 Å². The highest BCUT2D eigenvalue weighted by Crippen LogP contribution is 2.08. The van der Waals surface area contributed by atoms with Crippen molar-refractivity contribution in [3.05, 3.63) is 35.4 Å². The Bertz CT molecular complexity index is 495. The van der Waals surface area contributed by atoms with Crippen LogP contribution < -0.4 is 16.0 Å². The van der Waals surface area contributed by atoms with Gasteiger partial charge >= 0.3 is 6.03 Å². The van der Waals surface area contributed by atoms with Crippen molar-refractivity contribution < 1.29 is 18.4 Å². The maximum absolute atomic E-state index is 13.0. The van der Waals surface area contributed by atoms with E-state index in [1.807, 2.05) is 0 Å². The quantitative estimate of drug-likeness (QED) is 0.763. The molecule has 1 rings (SSSR count). The number of amides is 3. The van der Waals surface area contributed by atoms with Gasteiger partial charge in [-0.2, -0.15) is 0 Å².